The fourth-order valence-electron chi connectivity index (χ4n) is 8.17. The van der Waals surface area contributed by atoms with E-state index in [9.17, 15) is 0 Å². The van der Waals surface area contributed by atoms with Gasteiger partial charge in [0.2, 0.25) is 5.95 Å². The van der Waals surface area contributed by atoms with Crippen LogP contribution in [0.2, 0.25) is 0 Å². The monoisotopic (exact) mass is 715 g/mol. The quantitative estimate of drug-likeness (QED) is 0.172. The Kier molecular flexibility index (Phi) is 7.42. The van der Waals surface area contributed by atoms with Crippen molar-refractivity contribution in [1.29, 1.82) is 0 Å². The summed E-state index contributed by atoms with van der Waals surface area (Å²) in [4.78, 5) is 15.8. The topological polar surface area (TPSA) is 48.5 Å². The van der Waals surface area contributed by atoms with Crippen molar-refractivity contribution in [3.8, 4) is 56.7 Å². The second kappa shape index (κ2) is 13.0. The molecule has 262 valence electrons. The lowest BCUT2D eigenvalue weighted by Gasteiger charge is -2.13. The number of para-hydroxylation sites is 2. The Bertz CT molecular complexity index is 3200. The molecule has 0 radical (unpaired) electrons. The Balaban J connectivity index is 1.25. The second-order valence-corrected chi connectivity index (χ2v) is 14.1. The van der Waals surface area contributed by atoms with Crippen molar-refractivity contribution >= 4 is 43.6 Å². The van der Waals surface area contributed by atoms with Crippen molar-refractivity contribution in [2.75, 3.05) is 0 Å². The van der Waals surface area contributed by atoms with E-state index in [2.05, 4.69) is 185 Å². The first kappa shape index (κ1) is 31.9. The molecule has 11 rings (SSSR count). The average molecular weight is 716 g/mol. The van der Waals surface area contributed by atoms with Gasteiger partial charge in [-0.2, -0.15) is 9.97 Å². The van der Waals surface area contributed by atoms with Gasteiger partial charge in [0.1, 0.15) is 0 Å². The molecule has 3 heterocycles. The molecule has 5 heteroatoms. The zero-order chi connectivity index (χ0) is 37.0. The van der Waals surface area contributed by atoms with E-state index in [1.165, 1.54) is 21.9 Å². The van der Waals surface area contributed by atoms with Crippen molar-refractivity contribution in [3.63, 3.8) is 0 Å². The average Bonchev–Trinajstić information content (AvgIpc) is 3.80. The number of aromatic nitrogens is 5. The summed E-state index contributed by atoms with van der Waals surface area (Å²) in [5, 5.41) is 4.61. The normalized spacial score (nSPS) is 11.6. The Hall–Kier alpha value is -7.63. The van der Waals surface area contributed by atoms with Gasteiger partial charge in [-0.1, -0.05) is 170 Å². The molecule has 0 aliphatic heterocycles. The molecule has 3 aromatic heterocycles. The molecule has 5 nitrogen and oxygen atoms in total. The minimum atomic E-state index is 0.561. The lowest BCUT2D eigenvalue weighted by molar-refractivity contribution is 0.953. The van der Waals surface area contributed by atoms with Crippen LogP contribution in [0.4, 0.5) is 0 Å². The van der Waals surface area contributed by atoms with Gasteiger partial charge in [0.05, 0.1) is 22.1 Å². The van der Waals surface area contributed by atoms with Gasteiger partial charge in [-0.3, -0.25) is 4.57 Å². The van der Waals surface area contributed by atoms with E-state index in [1.54, 1.807) is 0 Å². The highest BCUT2D eigenvalue weighted by Crippen LogP contribution is 2.42. The highest BCUT2D eigenvalue weighted by molar-refractivity contribution is 6.24. The third-order valence-corrected chi connectivity index (χ3v) is 10.8. The highest BCUT2D eigenvalue weighted by atomic mass is 15.2. The van der Waals surface area contributed by atoms with Crippen LogP contribution in [-0.4, -0.2) is 24.1 Å². The van der Waals surface area contributed by atoms with Crippen molar-refractivity contribution in [3.05, 3.63) is 200 Å². The maximum atomic E-state index is 5.35. The van der Waals surface area contributed by atoms with Crippen molar-refractivity contribution in [1.82, 2.24) is 24.1 Å². The molecule has 0 bridgehead atoms. The molecule has 0 aliphatic rings. The minimum Gasteiger partial charge on any atom is -0.307 e. The van der Waals surface area contributed by atoms with Crippen LogP contribution in [0, 0.1) is 0 Å². The van der Waals surface area contributed by atoms with Crippen LogP contribution in [0.25, 0.3) is 100 Å². The van der Waals surface area contributed by atoms with Gasteiger partial charge in [-0.25, -0.2) is 4.98 Å². The van der Waals surface area contributed by atoms with Gasteiger partial charge < -0.3 is 4.57 Å². The lowest BCUT2D eigenvalue weighted by Crippen LogP contribution is -2.07. The Morgan fingerprint density at radius 1 is 0.286 bits per heavy atom. The van der Waals surface area contributed by atoms with Gasteiger partial charge in [-0.05, 0) is 52.6 Å². The maximum Gasteiger partial charge on any atom is 0.238 e. The molecule has 0 saturated heterocycles. The molecule has 0 aliphatic carbocycles. The van der Waals surface area contributed by atoms with E-state index in [1.807, 2.05) is 24.3 Å². The largest absolute Gasteiger partial charge is 0.307 e. The lowest BCUT2D eigenvalue weighted by atomic mass is 10.0. The van der Waals surface area contributed by atoms with Gasteiger partial charge in [0.25, 0.3) is 0 Å². The molecule has 0 atom stereocenters. The molecule has 0 spiro atoms. The summed E-state index contributed by atoms with van der Waals surface area (Å²) in [5.41, 5.74) is 11.9. The fraction of sp³-hybridized carbons (Fsp3) is 0. The van der Waals surface area contributed by atoms with Gasteiger partial charge in [0.15, 0.2) is 11.6 Å². The first-order valence-corrected chi connectivity index (χ1v) is 18.9. The van der Waals surface area contributed by atoms with Crippen LogP contribution < -0.4 is 0 Å². The summed E-state index contributed by atoms with van der Waals surface area (Å²) in [5.74, 6) is 1.79. The number of hydrogen-bond acceptors (Lipinski definition) is 3. The predicted molar refractivity (Wildman–Crippen MR) is 230 cm³/mol. The molecular weight excluding hydrogens is 683 g/mol. The zero-order valence-electron chi connectivity index (χ0n) is 30.3. The predicted octanol–water partition coefficient (Wildman–Crippen LogP) is 12.7. The summed E-state index contributed by atoms with van der Waals surface area (Å²) in [6.45, 7) is 0. The molecule has 0 N–H and O–H groups in total. The first-order valence-electron chi connectivity index (χ1n) is 18.9. The molecule has 0 unspecified atom stereocenters. The van der Waals surface area contributed by atoms with Crippen LogP contribution in [0.5, 0.6) is 0 Å². The first-order chi connectivity index (χ1) is 27.8. The van der Waals surface area contributed by atoms with E-state index in [0.29, 0.717) is 17.6 Å². The summed E-state index contributed by atoms with van der Waals surface area (Å²) in [6.07, 6.45) is 0. The zero-order valence-corrected chi connectivity index (χ0v) is 30.3. The standard InChI is InChI=1S/C51H33N5/c1-5-15-34(16-6-1)36-25-27-38(28-26-36)50-52-49(37-19-9-3-10-20-37)53-51(54-50)56-46-32-29-39(35-17-7-2-8-18-35)33-44(46)43-31-30-42-41-23-13-14-24-45(41)55(47(42)48(43)56)40-21-11-4-12-22-40/h1-33H. The number of hydrogen-bond donors (Lipinski definition) is 0. The molecule has 56 heavy (non-hydrogen) atoms. The fourth-order valence-corrected chi connectivity index (χ4v) is 8.17. The summed E-state index contributed by atoms with van der Waals surface area (Å²) < 4.78 is 4.65. The second-order valence-electron chi connectivity index (χ2n) is 14.1. The van der Waals surface area contributed by atoms with Crippen molar-refractivity contribution in [2.45, 2.75) is 0 Å². The molecule has 0 fully saturated rings. The van der Waals surface area contributed by atoms with Gasteiger partial charge in [-0.15, -0.1) is 0 Å². The third kappa shape index (κ3) is 5.21. The van der Waals surface area contributed by atoms with Gasteiger partial charge >= 0.3 is 0 Å². The summed E-state index contributed by atoms with van der Waals surface area (Å²) >= 11 is 0. The van der Waals surface area contributed by atoms with E-state index in [0.717, 1.165) is 60.8 Å². The molecule has 0 amide bonds. The number of nitrogens with zero attached hydrogens (tertiary/aromatic N) is 5. The van der Waals surface area contributed by atoms with E-state index >= 15 is 0 Å². The van der Waals surface area contributed by atoms with Crippen LogP contribution in [0.3, 0.4) is 0 Å². The smallest absolute Gasteiger partial charge is 0.238 e. The Labute approximate surface area is 323 Å². The number of fused-ring (bicyclic) bond motifs is 7. The molecule has 11 aromatic rings. The SMILES string of the molecule is c1ccc(-c2ccc(-c3nc(-c4ccccc4)nc(-n4c5ccc(-c6ccccc6)cc5c5ccc6c7ccccc7n(-c7ccccc7)c6c54)n3)cc2)cc1. The minimum absolute atomic E-state index is 0.561. The summed E-state index contributed by atoms with van der Waals surface area (Å²) in [7, 11) is 0. The van der Waals surface area contributed by atoms with Crippen LogP contribution in [-0.2, 0) is 0 Å². The third-order valence-electron chi connectivity index (χ3n) is 10.8. The van der Waals surface area contributed by atoms with Crippen molar-refractivity contribution < 1.29 is 0 Å². The molecule has 0 saturated carbocycles. The number of rotatable bonds is 6. The highest BCUT2D eigenvalue weighted by Gasteiger charge is 2.24. The van der Waals surface area contributed by atoms with Gasteiger partial charge in [0, 0.05) is 38.4 Å². The van der Waals surface area contributed by atoms with Crippen LogP contribution in [0.1, 0.15) is 0 Å². The van der Waals surface area contributed by atoms with E-state index in [4.69, 9.17) is 15.0 Å². The molecular formula is C51H33N5. The Morgan fingerprint density at radius 2 is 0.732 bits per heavy atom. The summed E-state index contributed by atoms with van der Waals surface area (Å²) in [6, 6.07) is 70.3. The van der Waals surface area contributed by atoms with Crippen LogP contribution >= 0.6 is 0 Å². The molecule has 8 aromatic carbocycles. The number of benzene rings is 8. The van der Waals surface area contributed by atoms with Crippen LogP contribution in [0.15, 0.2) is 200 Å². The van der Waals surface area contributed by atoms with Crippen molar-refractivity contribution in [2.24, 2.45) is 0 Å². The maximum absolute atomic E-state index is 5.35. The van der Waals surface area contributed by atoms with E-state index in [-0.39, 0.29) is 0 Å². The Morgan fingerprint density at radius 3 is 1.39 bits per heavy atom. The van der Waals surface area contributed by atoms with E-state index < -0.39 is 0 Å².